The normalized spacial score (nSPS) is 10.3. The summed E-state index contributed by atoms with van der Waals surface area (Å²) >= 11 is 2.76. The maximum atomic E-state index is 12.2. The first-order valence-electron chi connectivity index (χ1n) is 8.62. The minimum absolute atomic E-state index is 0.0879. The molecule has 0 radical (unpaired) electrons. The van der Waals surface area contributed by atoms with Crippen LogP contribution in [0.25, 0.3) is 0 Å². The van der Waals surface area contributed by atoms with Crippen LogP contribution in [0.1, 0.15) is 26.6 Å². The van der Waals surface area contributed by atoms with Gasteiger partial charge in [-0.25, -0.2) is 4.98 Å². The molecule has 0 saturated carbocycles. The molecule has 0 bridgehead atoms. The van der Waals surface area contributed by atoms with Crippen molar-refractivity contribution in [2.24, 2.45) is 0 Å². The van der Waals surface area contributed by atoms with Gasteiger partial charge in [0.1, 0.15) is 11.4 Å². The third-order valence-corrected chi connectivity index (χ3v) is 5.37. The van der Waals surface area contributed by atoms with Crippen LogP contribution in [0, 0.1) is 0 Å². The second-order valence-electron chi connectivity index (χ2n) is 5.73. The van der Waals surface area contributed by atoms with E-state index >= 15 is 0 Å². The number of hydrogen-bond donors (Lipinski definition) is 3. The summed E-state index contributed by atoms with van der Waals surface area (Å²) in [5.74, 6) is 0.454. The summed E-state index contributed by atoms with van der Waals surface area (Å²) in [7, 11) is 1.62. The number of carbonyl (C=O) groups is 2. The highest BCUT2D eigenvalue weighted by Crippen LogP contribution is 2.22. The van der Waals surface area contributed by atoms with Gasteiger partial charge in [0.15, 0.2) is 5.13 Å². The molecule has 0 saturated heterocycles. The van der Waals surface area contributed by atoms with Crippen LogP contribution in [-0.4, -0.2) is 37.0 Å². The zero-order valence-electron chi connectivity index (χ0n) is 15.2. The summed E-state index contributed by atoms with van der Waals surface area (Å²) in [6.45, 7) is 0.959. The van der Waals surface area contributed by atoms with Gasteiger partial charge in [0.25, 0.3) is 11.8 Å². The van der Waals surface area contributed by atoms with Crippen molar-refractivity contribution in [3.8, 4) is 5.75 Å². The minimum atomic E-state index is -0.233. The number of amides is 2. The van der Waals surface area contributed by atoms with Crippen molar-refractivity contribution < 1.29 is 14.3 Å². The maximum Gasteiger partial charge on any atom is 0.270 e. The van der Waals surface area contributed by atoms with Crippen LogP contribution < -0.4 is 20.7 Å². The van der Waals surface area contributed by atoms with E-state index in [0.717, 1.165) is 11.4 Å². The summed E-state index contributed by atoms with van der Waals surface area (Å²) in [6.07, 6.45) is 0.643. The van der Waals surface area contributed by atoms with E-state index in [9.17, 15) is 9.59 Å². The fraction of sp³-hybridized carbons (Fsp3) is 0.211. The first kappa shape index (κ1) is 19.8. The molecule has 0 aliphatic rings. The quantitative estimate of drug-likeness (QED) is 0.464. The van der Waals surface area contributed by atoms with Crippen LogP contribution in [0.15, 0.2) is 47.2 Å². The van der Waals surface area contributed by atoms with E-state index in [1.807, 2.05) is 35.7 Å². The molecular formula is C19H20N4O3S2. The zero-order chi connectivity index (χ0) is 19.8. The number of aromatic nitrogens is 1. The molecule has 2 aromatic heterocycles. The van der Waals surface area contributed by atoms with Gasteiger partial charge in [-0.15, -0.1) is 22.7 Å². The molecule has 0 fully saturated rings. The topological polar surface area (TPSA) is 92.3 Å². The lowest BCUT2D eigenvalue weighted by molar-refractivity contribution is 0.0949. The molecule has 0 unspecified atom stereocenters. The molecule has 0 aliphatic carbocycles. The number of ether oxygens (including phenoxy) is 1. The van der Waals surface area contributed by atoms with Gasteiger partial charge >= 0.3 is 0 Å². The van der Waals surface area contributed by atoms with Crippen molar-refractivity contribution in [1.29, 1.82) is 0 Å². The lowest BCUT2D eigenvalue weighted by Gasteiger charge is -2.05. The van der Waals surface area contributed by atoms with Crippen LogP contribution in [-0.2, 0) is 0 Å². The van der Waals surface area contributed by atoms with E-state index in [1.165, 1.54) is 22.7 Å². The van der Waals surface area contributed by atoms with Gasteiger partial charge in [0.2, 0.25) is 0 Å². The third kappa shape index (κ3) is 5.54. The second kappa shape index (κ2) is 9.86. The Morgan fingerprint density at radius 1 is 1.04 bits per heavy atom. The standard InChI is InChI=1S/C19H20N4O3S2/c1-26-14-7-5-13(6-8-14)22-19-23-15(12-28-19)17(24)20-9-3-10-21-18(25)16-4-2-11-27-16/h2,4-8,11-12H,3,9-10H2,1H3,(H,20,24)(H,21,25)(H,22,23). The molecule has 9 heteroatoms. The lowest BCUT2D eigenvalue weighted by atomic mass is 10.3. The number of benzene rings is 1. The number of nitrogens with zero attached hydrogens (tertiary/aromatic N) is 1. The Kier molecular flexibility index (Phi) is 6.99. The lowest BCUT2D eigenvalue weighted by Crippen LogP contribution is -2.29. The van der Waals surface area contributed by atoms with Gasteiger partial charge in [-0.05, 0) is 42.1 Å². The Hall–Kier alpha value is -2.91. The van der Waals surface area contributed by atoms with Crippen molar-refractivity contribution >= 4 is 45.3 Å². The highest BCUT2D eigenvalue weighted by Gasteiger charge is 2.11. The van der Waals surface area contributed by atoms with Crippen molar-refractivity contribution in [2.75, 3.05) is 25.5 Å². The number of anilines is 2. The number of thiophene rings is 1. The largest absolute Gasteiger partial charge is 0.497 e. The summed E-state index contributed by atoms with van der Waals surface area (Å²) in [5, 5.41) is 13.0. The Morgan fingerprint density at radius 3 is 2.46 bits per heavy atom. The van der Waals surface area contributed by atoms with Gasteiger partial charge in [0, 0.05) is 24.2 Å². The van der Waals surface area contributed by atoms with Gasteiger partial charge in [-0.3, -0.25) is 9.59 Å². The van der Waals surface area contributed by atoms with E-state index < -0.39 is 0 Å². The zero-order valence-corrected chi connectivity index (χ0v) is 16.9. The number of methoxy groups -OCH3 is 1. The molecule has 2 amide bonds. The van der Waals surface area contributed by atoms with Crippen molar-refractivity contribution in [3.63, 3.8) is 0 Å². The molecule has 3 N–H and O–H groups in total. The summed E-state index contributed by atoms with van der Waals surface area (Å²) in [6, 6.07) is 11.1. The van der Waals surface area contributed by atoms with E-state index in [4.69, 9.17) is 4.74 Å². The molecule has 0 atom stereocenters. The average molecular weight is 417 g/mol. The first-order valence-corrected chi connectivity index (χ1v) is 10.4. The Bertz CT molecular complexity index is 908. The van der Waals surface area contributed by atoms with Gasteiger partial charge in [0.05, 0.1) is 12.0 Å². The molecule has 3 aromatic rings. The summed E-state index contributed by atoms with van der Waals surface area (Å²) in [5.41, 5.74) is 1.23. The number of thiazole rings is 1. The van der Waals surface area contributed by atoms with E-state index in [0.29, 0.717) is 35.2 Å². The van der Waals surface area contributed by atoms with Crippen molar-refractivity contribution in [1.82, 2.24) is 15.6 Å². The van der Waals surface area contributed by atoms with Crippen molar-refractivity contribution in [3.05, 3.63) is 57.7 Å². The number of hydrogen-bond acceptors (Lipinski definition) is 7. The van der Waals surface area contributed by atoms with Crippen molar-refractivity contribution in [2.45, 2.75) is 6.42 Å². The summed E-state index contributed by atoms with van der Waals surface area (Å²) < 4.78 is 5.13. The average Bonchev–Trinajstić information content (AvgIpc) is 3.40. The Labute approximate surface area is 170 Å². The van der Waals surface area contributed by atoms with Gasteiger partial charge < -0.3 is 20.7 Å². The van der Waals surface area contributed by atoms with Gasteiger partial charge in [-0.1, -0.05) is 6.07 Å². The Balaban J connectivity index is 1.39. The number of nitrogens with one attached hydrogen (secondary N) is 3. The van der Waals surface area contributed by atoms with E-state index in [2.05, 4.69) is 20.9 Å². The SMILES string of the molecule is COc1ccc(Nc2nc(C(=O)NCCCNC(=O)c3cccs3)cs2)cc1. The highest BCUT2D eigenvalue weighted by atomic mass is 32.1. The molecule has 0 spiro atoms. The van der Waals surface area contributed by atoms with Crippen LogP contribution in [0.4, 0.5) is 10.8 Å². The second-order valence-corrected chi connectivity index (χ2v) is 7.54. The molecule has 1 aromatic carbocycles. The number of rotatable bonds is 9. The molecule has 0 aliphatic heterocycles. The monoisotopic (exact) mass is 416 g/mol. The fourth-order valence-corrected chi connectivity index (χ4v) is 3.66. The number of carbonyl (C=O) groups excluding carboxylic acids is 2. The van der Waals surface area contributed by atoms with Crippen LogP contribution >= 0.6 is 22.7 Å². The highest BCUT2D eigenvalue weighted by molar-refractivity contribution is 7.14. The van der Waals surface area contributed by atoms with Crippen LogP contribution in [0.5, 0.6) is 5.75 Å². The Morgan fingerprint density at radius 2 is 1.79 bits per heavy atom. The van der Waals surface area contributed by atoms with Gasteiger partial charge in [-0.2, -0.15) is 0 Å². The molecule has 146 valence electrons. The predicted molar refractivity (Wildman–Crippen MR) is 112 cm³/mol. The molecule has 3 rings (SSSR count). The predicted octanol–water partition coefficient (Wildman–Crippen LogP) is 3.51. The third-order valence-electron chi connectivity index (χ3n) is 3.75. The van der Waals surface area contributed by atoms with E-state index in [1.54, 1.807) is 18.6 Å². The molecular weight excluding hydrogens is 396 g/mol. The molecule has 28 heavy (non-hydrogen) atoms. The van der Waals surface area contributed by atoms with Crippen LogP contribution in [0.2, 0.25) is 0 Å². The van der Waals surface area contributed by atoms with E-state index in [-0.39, 0.29) is 11.8 Å². The fourth-order valence-electron chi connectivity index (χ4n) is 2.31. The van der Waals surface area contributed by atoms with Crippen LogP contribution in [0.3, 0.4) is 0 Å². The summed E-state index contributed by atoms with van der Waals surface area (Å²) in [4.78, 5) is 29.0. The molecule has 7 nitrogen and oxygen atoms in total. The smallest absolute Gasteiger partial charge is 0.270 e. The first-order chi connectivity index (χ1) is 13.7. The minimum Gasteiger partial charge on any atom is -0.497 e. The molecule has 2 heterocycles. The maximum absolute atomic E-state index is 12.2.